The van der Waals surface area contributed by atoms with E-state index in [1.807, 2.05) is 30.3 Å². The third-order valence-corrected chi connectivity index (χ3v) is 8.39. The summed E-state index contributed by atoms with van der Waals surface area (Å²) in [6.45, 7) is 5.75. The van der Waals surface area contributed by atoms with Crippen LogP contribution in [0, 0.1) is 0 Å². The molecule has 38 heavy (non-hydrogen) atoms. The second-order valence-electron chi connectivity index (χ2n) is 10.0. The number of amides is 2. The molecule has 0 saturated carbocycles. The van der Waals surface area contributed by atoms with Gasteiger partial charge in [-0.1, -0.05) is 30.3 Å². The highest BCUT2D eigenvalue weighted by molar-refractivity contribution is 7.89. The molecule has 1 atom stereocenters. The average molecular weight is 554 g/mol. The molecule has 3 heterocycles. The molecule has 4 aromatic rings. The van der Waals surface area contributed by atoms with E-state index in [0.717, 1.165) is 19.9 Å². The van der Waals surface area contributed by atoms with Crippen LogP contribution in [0.5, 0.6) is 0 Å². The van der Waals surface area contributed by atoms with E-state index in [4.69, 9.17) is 4.74 Å². The molecule has 2 amide bonds. The van der Waals surface area contributed by atoms with Gasteiger partial charge in [-0.15, -0.1) is 11.3 Å². The summed E-state index contributed by atoms with van der Waals surface area (Å²) in [5.74, 6) is -0.843. The van der Waals surface area contributed by atoms with Crippen molar-refractivity contribution in [2.24, 2.45) is 0 Å². The predicted octanol–water partition coefficient (Wildman–Crippen LogP) is 3.88. The Morgan fingerprint density at radius 1 is 1.13 bits per heavy atom. The van der Waals surface area contributed by atoms with Crippen LogP contribution >= 0.6 is 11.3 Å². The molecule has 198 valence electrons. The van der Waals surface area contributed by atoms with E-state index in [2.05, 4.69) is 15.4 Å². The molecule has 0 saturated heterocycles. The number of hydrogen-bond acceptors (Lipinski definition) is 8. The van der Waals surface area contributed by atoms with Gasteiger partial charge in [0.05, 0.1) is 38.8 Å². The Labute approximate surface area is 224 Å². The zero-order chi connectivity index (χ0) is 27.1. The Morgan fingerprint density at radius 3 is 2.61 bits per heavy atom. The van der Waals surface area contributed by atoms with E-state index in [-0.39, 0.29) is 30.4 Å². The van der Waals surface area contributed by atoms with Gasteiger partial charge in [0.25, 0.3) is 10.0 Å². The molecule has 0 aliphatic carbocycles. The van der Waals surface area contributed by atoms with Crippen molar-refractivity contribution in [1.82, 2.24) is 24.4 Å². The van der Waals surface area contributed by atoms with Gasteiger partial charge in [-0.05, 0) is 44.5 Å². The van der Waals surface area contributed by atoms with Gasteiger partial charge in [0.15, 0.2) is 0 Å². The highest BCUT2D eigenvalue weighted by Crippen LogP contribution is 2.29. The molecule has 10 nitrogen and oxygen atoms in total. The van der Waals surface area contributed by atoms with Gasteiger partial charge >= 0.3 is 6.09 Å². The monoisotopic (exact) mass is 553 g/mol. The second-order valence-corrected chi connectivity index (χ2v) is 12.7. The Kier molecular flexibility index (Phi) is 6.70. The van der Waals surface area contributed by atoms with Crippen LogP contribution in [0.15, 0.2) is 65.1 Å². The van der Waals surface area contributed by atoms with Gasteiger partial charge < -0.3 is 15.0 Å². The van der Waals surface area contributed by atoms with Crippen molar-refractivity contribution in [2.45, 2.75) is 50.3 Å². The number of fused-ring (bicyclic) bond motifs is 2. The van der Waals surface area contributed by atoms with Crippen LogP contribution in [0.1, 0.15) is 43.5 Å². The summed E-state index contributed by atoms with van der Waals surface area (Å²) in [4.78, 5) is 31.8. The molecular weight excluding hydrogens is 526 g/mol. The quantitative estimate of drug-likeness (QED) is 0.384. The summed E-state index contributed by atoms with van der Waals surface area (Å²) in [5, 5.41) is 7.02. The van der Waals surface area contributed by atoms with Crippen molar-refractivity contribution in [1.29, 1.82) is 0 Å². The van der Waals surface area contributed by atoms with E-state index in [1.165, 1.54) is 23.6 Å². The summed E-state index contributed by atoms with van der Waals surface area (Å²) >= 11 is 1.37. The zero-order valence-electron chi connectivity index (χ0n) is 21.1. The van der Waals surface area contributed by atoms with Crippen molar-refractivity contribution in [3.05, 3.63) is 77.1 Å². The molecule has 12 heteroatoms. The van der Waals surface area contributed by atoms with Gasteiger partial charge in [-0.25, -0.2) is 9.78 Å². The standard InChI is InChI=1S/C26H27N5O5S2/c1-26(2,3)36-25(33)27-12-20(17-7-5-4-6-8-17)24(32)30-13-18-14-31(29-22(18)15-30)38(34,35)19-9-10-21-23(11-19)37-16-28-21/h4-11,14,16,20H,12-13,15H2,1-3H3,(H,27,33). The molecule has 5 rings (SSSR count). The van der Waals surface area contributed by atoms with Crippen LogP contribution in [0.4, 0.5) is 4.79 Å². The number of thiazole rings is 1. The van der Waals surface area contributed by atoms with Crippen molar-refractivity contribution in [3.8, 4) is 0 Å². The fourth-order valence-electron chi connectivity index (χ4n) is 4.26. The first-order chi connectivity index (χ1) is 18.0. The summed E-state index contributed by atoms with van der Waals surface area (Å²) in [5.41, 5.74) is 3.68. The number of carbonyl (C=O) groups is 2. The van der Waals surface area contributed by atoms with E-state index in [9.17, 15) is 18.0 Å². The molecule has 2 aromatic heterocycles. The smallest absolute Gasteiger partial charge is 0.407 e. The van der Waals surface area contributed by atoms with Crippen molar-refractivity contribution in [2.75, 3.05) is 6.54 Å². The first-order valence-corrected chi connectivity index (χ1v) is 14.3. The molecule has 1 unspecified atom stereocenters. The minimum Gasteiger partial charge on any atom is -0.444 e. The maximum atomic E-state index is 13.6. The highest BCUT2D eigenvalue weighted by Gasteiger charge is 2.34. The summed E-state index contributed by atoms with van der Waals surface area (Å²) in [6, 6.07) is 14.0. The number of alkyl carbamates (subject to hydrolysis) is 1. The molecule has 0 radical (unpaired) electrons. The Hall–Kier alpha value is -3.77. The van der Waals surface area contributed by atoms with E-state index in [0.29, 0.717) is 11.3 Å². The lowest BCUT2D eigenvalue weighted by molar-refractivity contribution is -0.133. The number of carbonyl (C=O) groups excluding carboxylic acids is 2. The predicted molar refractivity (Wildman–Crippen MR) is 142 cm³/mol. The van der Waals surface area contributed by atoms with Gasteiger partial charge in [0.2, 0.25) is 5.91 Å². The van der Waals surface area contributed by atoms with Crippen LogP contribution in [-0.2, 0) is 32.6 Å². The zero-order valence-corrected chi connectivity index (χ0v) is 22.8. The fraction of sp³-hybridized carbons (Fsp3) is 0.308. The van der Waals surface area contributed by atoms with Gasteiger partial charge in [0.1, 0.15) is 5.60 Å². The lowest BCUT2D eigenvalue weighted by atomic mass is 9.97. The molecule has 1 aliphatic rings. The summed E-state index contributed by atoms with van der Waals surface area (Å²) in [6.07, 6.45) is 0.861. The third kappa shape index (κ3) is 5.27. The van der Waals surface area contributed by atoms with E-state index < -0.39 is 27.6 Å². The van der Waals surface area contributed by atoms with E-state index >= 15 is 0 Å². The minimum atomic E-state index is -3.90. The minimum absolute atomic E-state index is 0.0559. The Bertz CT molecular complexity index is 1580. The number of nitrogens with one attached hydrogen (secondary N) is 1. The summed E-state index contributed by atoms with van der Waals surface area (Å²) < 4.78 is 33.5. The highest BCUT2D eigenvalue weighted by atomic mass is 32.2. The number of ether oxygens (including phenoxy) is 1. The van der Waals surface area contributed by atoms with Gasteiger partial charge in [-0.2, -0.15) is 17.6 Å². The fourth-order valence-corrected chi connectivity index (χ4v) is 6.25. The lowest BCUT2D eigenvalue weighted by Gasteiger charge is -2.25. The van der Waals surface area contributed by atoms with Crippen LogP contribution in [-0.4, -0.2) is 51.6 Å². The molecular formula is C26H27N5O5S2. The number of hydrogen-bond donors (Lipinski definition) is 1. The van der Waals surface area contributed by atoms with Crippen molar-refractivity contribution < 1.29 is 22.7 Å². The number of rotatable bonds is 6. The average Bonchev–Trinajstić information content (AvgIpc) is 3.58. The van der Waals surface area contributed by atoms with Crippen LogP contribution in [0.25, 0.3) is 10.2 Å². The van der Waals surface area contributed by atoms with Gasteiger partial charge in [-0.3, -0.25) is 4.79 Å². The van der Waals surface area contributed by atoms with E-state index in [1.54, 1.807) is 43.3 Å². The number of aromatic nitrogens is 3. The van der Waals surface area contributed by atoms with Crippen LogP contribution in [0.2, 0.25) is 0 Å². The largest absolute Gasteiger partial charge is 0.444 e. The van der Waals surface area contributed by atoms with Gasteiger partial charge in [0, 0.05) is 24.8 Å². The van der Waals surface area contributed by atoms with Crippen LogP contribution in [0.3, 0.4) is 0 Å². The molecule has 1 aliphatic heterocycles. The SMILES string of the molecule is CC(C)(C)OC(=O)NCC(C(=O)N1Cc2cn(S(=O)(=O)c3ccc4ncsc4c3)nc2C1)c1ccccc1. The Morgan fingerprint density at radius 2 is 1.89 bits per heavy atom. The molecule has 2 aromatic carbocycles. The Balaban J connectivity index is 1.32. The van der Waals surface area contributed by atoms with Crippen molar-refractivity contribution >= 4 is 43.6 Å². The first-order valence-electron chi connectivity index (χ1n) is 12.0. The number of benzene rings is 2. The molecule has 0 fully saturated rings. The number of nitrogens with zero attached hydrogens (tertiary/aromatic N) is 4. The lowest BCUT2D eigenvalue weighted by Crippen LogP contribution is -2.40. The topological polar surface area (TPSA) is 123 Å². The molecule has 1 N–H and O–H groups in total. The maximum Gasteiger partial charge on any atom is 0.407 e. The van der Waals surface area contributed by atoms with Crippen LogP contribution < -0.4 is 5.32 Å². The third-order valence-electron chi connectivity index (χ3n) is 6.07. The maximum absolute atomic E-state index is 13.6. The normalized spacial score (nSPS) is 14.3. The second kappa shape index (κ2) is 9.84. The first kappa shape index (κ1) is 25.9. The summed E-state index contributed by atoms with van der Waals surface area (Å²) in [7, 11) is -3.90. The molecule has 0 spiro atoms. The molecule has 0 bridgehead atoms. The van der Waals surface area contributed by atoms with Crippen molar-refractivity contribution in [3.63, 3.8) is 0 Å².